The van der Waals surface area contributed by atoms with Crippen LogP contribution in [0, 0.1) is 0 Å². The van der Waals surface area contributed by atoms with E-state index in [2.05, 4.69) is 86.1 Å². The van der Waals surface area contributed by atoms with Crippen molar-refractivity contribution in [2.75, 3.05) is 0 Å². The Kier molecular flexibility index (Phi) is 6.29. The molecule has 0 spiro atoms. The van der Waals surface area contributed by atoms with Crippen LogP contribution in [0.25, 0.3) is 0 Å². The highest BCUT2D eigenvalue weighted by Crippen LogP contribution is 2.30. The molecule has 1 aliphatic heterocycles. The summed E-state index contributed by atoms with van der Waals surface area (Å²) in [5.74, 6) is 2.44. The Bertz CT molecular complexity index is 1260. The number of hydrogen-bond acceptors (Lipinski definition) is 6. The molecule has 34 heavy (non-hydrogen) atoms. The molecule has 0 fully saturated rings. The number of nitrogens with one attached hydrogen (secondary N) is 2. The lowest BCUT2D eigenvalue weighted by Crippen LogP contribution is -2.40. The molecule has 2 N–H and O–H groups in total. The first-order valence-corrected chi connectivity index (χ1v) is 11.7. The molecular weight excluding hydrogens is 424 g/mol. The van der Waals surface area contributed by atoms with Gasteiger partial charge in [0.2, 0.25) is 5.82 Å². The Hall–Kier alpha value is -4.07. The number of allylic oxidation sites excluding steroid dienone is 2. The second-order valence-electron chi connectivity index (χ2n) is 8.46. The van der Waals surface area contributed by atoms with Crippen molar-refractivity contribution in [3.05, 3.63) is 113 Å². The van der Waals surface area contributed by atoms with E-state index in [-0.39, 0.29) is 0 Å². The van der Waals surface area contributed by atoms with Crippen LogP contribution in [0.1, 0.15) is 53.9 Å². The monoisotopic (exact) mass is 452 g/mol. The number of unbranched alkanes of at least 4 members (excludes halogenated alkanes) is 1. The van der Waals surface area contributed by atoms with Crippen LogP contribution in [0.2, 0.25) is 0 Å². The smallest absolute Gasteiger partial charge is 0.208 e. The number of aryl methyl sites for hydroxylation is 1. The Labute approximate surface area is 198 Å². The SMILES string of the molecule is CCCCn1nc(Cc2ccccc2)nc1Cc1ccc(C2(c3nn[nH]n3)C=CC=CN2)cc1. The lowest BCUT2D eigenvalue weighted by atomic mass is 9.86. The Morgan fingerprint density at radius 2 is 1.76 bits per heavy atom. The van der Waals surface area contributed by atoms with Gasteiger partial charge in [-0.05, 0) is 41.5 Å². The molecule has 0 saturated carbocycles. The van der Waals surface area contributed by atoms with Gasteiger partial charge in [-0.25, -0.2) is 9.67 Å². The van der Waals surface area contributed by atoms with Crippen LogP contribution >= 0.6 is 0 Å². The number of tetrazole rings is 1. The highest BCUT2D eigenvalue weighted by molar-refractivity contribution is 5.42. The van der Waals surface area contributed by atoms with Gasteiger partial charge in [0.25, 0.3) is 0 Å². The van der Waals surface area contributed by atoms with Crippen LogP contribution in [-0.4, -0.2) is 35.4 Å². The fraction of sp³-hybridized carbons (Fsp3) is 0.269. The largest absolute Gasteiger partial charge is 0.372 e. The minimum atomic E-state index is -0.649. The van der Waals surface area contributed by atoms with Crippen LogP contribution in [0.4, 0.5) is 0 Å². The number of nitrogens with zero attached hydrogens (tertiary/aromatic N) is 6. The fourth-order valence-electron chi connectivity index (χ4n) is 4.22. The van der Waals surface area contributed by atoms with Crippen LogP contribution in [0.15, 0.2) is 79.0 Å². The Morgan fingerprint density at radius 3 is 2.47 bits per heavy atom. The van der Waals surface area contributed by atoms with Gasteiger partial charge in [0.1, 0.15) is 11.4 Å². The van der Waals surface area contributed by atoms with Gasteiger partial charge in [-0.1, -0.05) is 79.2 Å². The van der Waals surface area contributed by atoms with Crippen molar-refractivity contribution in [1.82, 2.24) is 40.7 Å². The Balaban J connectivity index is 1.39. The summed E-state index contributed by atoms with van der Waals surface area (Å²) in [4.78, 5) is 4.91. The summed E-state index contributed by atoms with van der Waals surface area (Å²) in [6.07, 6.45) is 11.6. The standard InChI is InChI=1S/C26H28N8/c1-2-3-17-34-24(28-23(31-34)18-20-9-5-4-6-10-20)19-21-11-13-22(14-12-21)26(15-7-8-16-27-26)25-29-32-33-30-25/h4-16,27H,2-3,17-19H2,1H3,(H,29,30,32,33). The van der Waals surface area contributed by atoms with Crippen LogP contribution in [0.5, 0.6) is 0 Å². The molecule has 8 heteroatoms. The number of rotatable bonds is 9. The number of hydrogen-bond donors (Lipinski definition) is 2. The summed E-state index contributed by atoms with van der Waals surface area (Å²) in [5, 5.41) is 23.0. The zero-order valence-electron chi connectivity index (χ0n) is 19.2. The normalized spacial score (nSPS) is 17.1. The average Bonchev–Trinajstić information content (AvgIpc) is 3.55. The summed E-state index contributed by atoms with van der Waals surface area (Å²) in [5.41, 5.74) is 2.79. The highest BCUT2D eigenvalue weighted by Gasteiger charge is 2.35. The Morgan fingerprint density at radius 1 is 0.941 bits per heavy atom. The zero-order chi connectivity index (χ0) is 23.2. The summed E-state index contributed by atoms with van der Waals surface area (Å²) in [6, 6.07) is 18.9. The molecule has 172 valence electrons. The molecule has 0 bridgehead atoms. The number of dihydropyridines is 1. The maximum absolute atomic E-state index is 4.91. The van der Waals surface area contributed by atoms with Gasteiger partial charge in [0, 0.05) is 19.4 Å². The first-order chi connectivity index (χ1) is 16.8. The number of benzene rings is 2. The molecule has 3 heterocycles. The zero-order valence-corrected chi connectivity index (χ0v) is 19.2. The van der Waals surface area contributed by atoms with E-state index in [1.54, 1.807) is 0 Å². The minimum Gasteiger partial charge on any atom is -0.372 e. The third kappa shape index (κ3) is 4.52. The molecule has 2 aromatic carbocycles. The molecule has 0 radical (unpaired) electrons. The molecule has 1 aliphatic rings. The first-order valence-electron chi connectivity index (χ1n) is 11.7. The predicted molar refractivity (Wildman–Crippen MR) is 130 cm³/mol. The maximum atomic E-state index is 4.91. The van der Waals surface area contributed by atoms with Crippen molar-refractivity contribution < 1.29 is 0 Å². The molecule has 0 amide bonds. The summed E-state index contributed by atoms with van der Waals surface area (Å²) < 4.78 is 2.08. The van der Waals surface area contributed by atoms with E-state index in [1.807, 2.05) is 30.5 Å². The van der Waals surface area contributed by atoms with Crippen molar-refractivity contribution in [3.8, 4) is 0 Å². The van der Waals surface area contributed by atoms with Crippen molar-refractivity contribution in [1.29, 1.82) is 0 Å². The van der Waals surface area contributed by atoms with Gasteiger partial charge in [0.15, 0.2) is 5.82 Å². The van der Waals surface area contributed by atoms with Gasteiger partial charge in [0.05, 0.1) is 0 Å². The summed E-state index contributed by atoms with van der Waals surface area (Å²) in [7, 11) is 0. The number of aromatic amines is 1. The third-order valence-electron chi connectivity index (χ3n) is 6.05. The van der Waals surface area contributed by atoms with Gasteiger partial charge in [-0.3, -0.25) is 0 Å². The van der Waals surface area contributed by atoms with Crippen molar-refractivity contribution in [3.63, 3.8) is 0 Å². The van der Waals surface area contributed by atoms with Gasteiger partial charge in [-0.2, -0.15) is 10.3 Å². The van der Waals surface area contributed by atoms with Crippen LogP contribution in [-0.2, 0) is 24.9 Å². The third-order valence-corrected chi connectivity index (χ3v) is 6.05. The second kappa shape index (κ2) is 9.82. The van der Waals surface area contributed by atoms with E-state index in [1.165, 1.54) is 11.1 Å². The quantitative estimate of drug-likeness (QED) is 0.402. The summed E-state index contributed by atoms with van der Waals surface area (Å²) >= 11 is 0. The molecule has 4 aromatic rings. The second-order valence-corrected chi connectivity index (χ2v) is 8.46. The molecule has 8 nitrogen and oxygen atoms in total. The van der Waals surface area contributed by atoms with E-state index in [9.17, 15) is 0 Å². The molecule has 1 atom stereocenters. The molecular formula is C26H28N8. The molecule has 0 aliphatic carbocycles. The van der Waals surface area contributed by atoms with E-state index in [0.29, 0.717) is 5.82 Å². The first kappa shape index (κ1) is 21.8. The van der Waals surface area contributed by atoms with E-state index >= 15 is 0 Å². The van der Waals surface area contributed by atoms with Gasteiger partial charge < -0.3 is 5.32 Å². The average molecular weight is 453 g/mol. The van der Waals surface area contributed by atoms with E-state index in [4.69, 9.17) is 10.1 Å². The number of H-pyrrole nitrogens is 1. The van der Waals surface area contributed by atoms with Gasteiger partial charge in [-0.15, -0.1) is 10.2 Å². The van der Waals surface area contributed by atoms with E-state index < -0.39 is 5.54 Å². The predicted octanol–water partition coefficient (Wildman–Crippen LogP) is 3.69. The highest BCUT2D eigenvalue weighted by atomic mass is 15.5. The van der Waals surface area contributed by atoms with Crippen molar-refractivity contribution in [2.45, 2.75) is 44.7 Å². The molecule has 1 unspecified atom stereocenters. The summed E-state index contributed by atoms with van der Waals surface area (Å²) in [6.45, 7) is 3.08. The maximum Gasteiger partial charge on any atom is 0.208 e. The molecule has 5 rings (SSSR count). The van der Waals surface area contributed by atoms with Crippen LogP contribution in [0.3, 0.4) is 0 Å². The lowest BCUT2D eigenvalue weighted by molar-refractivity contribution is 0.529. The lowest BCUT2D eigenvalue weighted by Gasteiger charge is -2.30. The van der Waals surface area contributed by atoms with Gasteiger partial charge >= 0.3 is 0 Å². The minimum absolute atomic E-state index is 0.575. The van der Waals surface area contributed by atoms with Crippen molar-refractivity contribution >= 4 is 0 Å². The fourth-order valence-corrected chi connectivity index (χ4v) is 4.22. The van der Waals surface area contributed by atoms with E-state index in [0.717, 1.165) is 49.4 Å². The van der Waals surface area contributed by atoms with Crippen molar-refractivity contribution in [2.24, 2.45) is 0 Å². The van der Waals surface area contributed by atoms with Crippen LogP contribution < -0.4 is 5.32 Å². The number of aromatic nitrogens is 7. The molecule has 2 aromatic heterocycles. The molecule has 0 saturated heterocycles. The topological polar surface area (TPSA) is 97.2 Å².